The van der Waals surface area contributed by atoms with E-state index in [2.05, 4.69) is 4.90 Å². The number of sulfonamides is 1. The Labute approximate surface area is 161 Å². The van der Waals surface area contributed by atoms with E-state index in [4.69, 9.17) is 9.84 Å². The van der Waals surface area contributed by atoms with Crippen LogP contribution in [-0.4, -0.2) is 62.1 Å². The van der Waals surface area contributed by atoms with Crippen LogP contribution in [-0.2, 0) is 16.6 Å². The Kier molecular flexibility index (Phi) is 6.49. The van der Waals surface area contributed by atoms with Crippen LogP contribution in [0.5, 0.6) is 5.75 Å². The summed E-state index contributed by atoms with van der Waals surface area (Å²) >= 11 is 0. The predicted molar refractivity (Wildman–Crippen MR) is 104 cm³/mol. The zero-order valence-electron chi connectivity index (χ0n) is 15.5. The summed E-state index contributed by atoms with van der Waals surface area (Å²) < 4.78 is 32.8. The number of benzene rings is 2. The Balaban J connectivity index is 1.60. The number of nitrogens with zero attached hydrogens (tertiary/aromatic N) is 2. The van der Waals surface area contributed by atoms with E-state index >= 15 is 0 Å². The zero-order valence-corrected chi connectivity index (χ0v) is 16.4. The van der Waals surface area contributed by atoms with Crippen LogP contribution in [0, 0.1) is 6.92 Å². The summed E-state index contributed by atoms with van der Waals surface area (Å²) in [6.45, 7) is 5.18. The van der Waals surface area contributed by atoms with Crippen molar-refractivity contribution in [3.8, 4) is 5.75 Å². The van der Waals surface area contributed by atoms with Crippen LogP contribution in [0.1, 0.15) is 11.1 Å². The molecular formula is C20H26N2O4S. The Hall–Kier alpha value is -1.93. The van der Waals surface area contributed by atoms with E-state index < -0.39 is 10.0 Å². The van der Waals surface area contributed by atoms with Crippen molar-refractivity contribution in [2.75, 3.05) is 39.4 Å². The molecule has 1 aliphatic heterocycles. The lowest BCUT2D eigenvalue weighted by Gasteiger charge is -2.34. The van der Waals surface area contributed by atoms with Gasteiger partial charge in [0.25, 0.3) is 0 Å². The van der Waals surface area contributed by atoms with Gasteiger partial charge in [-0.05, 0) is 36.2 Å². The number of rotatable bonds is 7. The van der Waals surface area contributed by atoms with Crippen molar-refractivity contribution in [2.24, 2.45) is 0 Å². The van der Waals surface area contributed by atoms with E-state index in [9.17, 15) is 8.42 Å². The fourth-order valence-corrected chi connectivity index (χ4v) is 4.92. The van der Waals surface area contributed by atoms with E-state index in [0.29, 0.717) is 31.1 Å². The number of ether oxygens (including phenoxy) is 1. The normalized spacial score (nSPS) is 16.4. The molecule has 7 heteroatoms. The summed E-state index contributed by atoms with van der Waals surface area (Å²) in [5, 5.41) is 8.86. The van der Waals surface area contributed by atoms with Crippen molar-refractivity contribution in [2.45, 2.75) is 18.4 Å². The number of hydrogen-bond donors (Lipinski definition) is 1. The Bertz CT molecular complexity index is 862. The van der Waals surface area contributed by atoms with Crippen LogP contribution in [0.3, 0.4) is 0 Å². The van der Waals surface area contributed by atoms with Crippen molar-refractivity contribution >= 4 is 10.0 Å². The molecule has 0 bridgehead atoms. The summed E-state index contributed by atoms with van der Waals surface area (Å²) in [5.74, 6) is 0.738. The second-order valence-corrected chi connectivity index (χ2v) is 8.57. The lowest BCUT2D eigenvalue weighted by molar-refractivity contribution is 0.181. The van der Waals surface area contributed by atoms with Crippen molar-refractivity contribution < 1.29 is 18.3 Å². The summed E-state index contributed by atoms with van der Waals surface area (Å²) in [4.78, 5) is 2.64. The smallest absolute Gasteiger partial charge is 0.243 e. The molecule has 1 aliphatic rings. The minimum atomic E-state index is -3.44. The van der Waals surface area contributed by atoms with Crippen molar-refractivity contribution in [1.82, 2.24) is 9.21 Å². The highest BCUT2D eigenvalue weighted by Crippen LogP contribution is 2.22. The van der Waals surface area contributed by atoms with Gasteiger partial charge in [0, 0.05) is 32.7 Å². The minimum absolute atomic E-state index is 0.0124. The largest absolute Gasteiger partial charge is 0.491 e. The summed E-state index contributed by atoms with van der Waals surface area (Å²) in [5.41, 5.74) is 1.89. The standard InChI is InChI=1S/C20H26N2O4S/c1-17-5-2-3-8-20(17)27(24,25)22-11-9-21(10-12-22)16-18-6-4-7-19(15-18)26-14-13-23/h2-8,15,23H,9-14,16H2,1H3. The SMILES string of the molecule is Cc1ccccc1S(=O)(=O)N1CCN(Cc2cccc(OCCO)c2)CC1. The molecule has 0 aliphatic carbocycles. The molecule has 1 heterocycles. The first kappa shape index (κ1) is 19.8. The highest BCUT2D eigenvalue weighted by molar-refractivity contribution is 7.89. The average Bonchev–Trinajstić information content (AvgIpc) is 2.67. The molecule has 3 rings (SSSR count). The van der Waals surface area contributed by atoms with Crippen molar-refractivity contribution in [3.05, 3.63) is 59.7 Å². The quantitative estimate of drug-likeness (QED) is 0.782. The van der Waals surface area contributed by atoms with E-state index in [0.717, 1.165) is 23.4 Å². The number of aryl methyl sites for hydroxylation is 1. The Morgan fingerprint density at radius 3 is 2.48 bits per heavy atom. The molecule has 0 atom stereocenters. The molecule has 2 aromatic carbocycles. The third-order valence-corrected chi connectivity index (χ3v) is 6.77. The summed E-state index contributed by atoms with van der Waals surface area (Å²) in [6.07, 6.45) is 0. The second kappa shape index (κ2) is 8.84. The lowest BCUT2D eigenvalue weighted by Crippen LogP contribution is -2.48. The van der Waals surface area contributed by atoms with E-state index in [1.165, 1.54) is 0 Å². The van der Waals surface area contributed by atoms with Gasteiger partial charge in [-0.1, -0.05) is 30.3 Å². The molecule has 6 nitrogen and oxygen atoms in total. The first-order chi connectivity index (χ1) is 13.0. The Morgan fingerprint density at radius 2 is 1.78 bits per heavy atom. The lowest BCUT2D eigenvalue weighted by atomic mass is 10.2. The van der Waals surface area contributed by atoms with Gasteiger partial charge in [-0.2, -0.15) is 4.31 Å². The van der Waals surface area contributed by atoms with Gasteiger partial charge in [-0.25, -0.2) is 8.42 Å². The maximum atomic E-state index is 12.9. The number of hydrogen-bond acceptors (Lipinski definition) is 5. The average molecular weight is 391 g/mol. The molecule has 0 radical (unpaired) electrons. The minimum Gasteiger partial charge on any atom is -0.491 e. The molecule has 27 heavy (non-hydrogen) atoms. The highest BCUT2D eigenvalue weighted by Gasteiger charge is 2.29. The van der Waals surface area contributed by atoms with E-state index in [1.807, 2.05) is 43.3 Å². The van der Waals surface area contributed by atoms with Gasteiger partial charge in [0.1, 0.15) is 12.4 Å². The Morgan fingerprint density at radius 1 is 1.04 bits per heavy atom. The zero-order chi connectivity index (χ0) is 19.3. The van der Waals surface area contributed by atoms with E-state index in [-0.39, 0.29) is 13.2 Å². The van der Waals surface area contributed by atoms with Gasteiger partial charge in [-0.15, -0.1) is 0 Å². The van der Waals surface area contributed by atoms with Gasteiger partial charge in [-0.3, -0.25) is 4.90 Å². The molecule has 0 spiro atoms. The molecule has 1 N–H and O–H groups in total. The van der Waals surface area contributed by atoms with Gasteiger partial charge < -0.3 is 9.84 Å². The summed E-state index contributed by atoms with van der Waals surface area (Å²) in [6, 6.07) is 14.9. The molecule has 0 amide bonds. The van der Waals surface area contributed by atoms with Crippen LogP contribution < -0.4 is 4.74 Å². The maximum absolute atomic E-state index is 12.9. The van der Waals surface area contributed by atoms with Crippen molar-refractivity contribution in [1.29, 1.82) is 0 Å². The predicted octanol–water partition coefficient (Wildman–Crippen LogP) is 1.87. The topological polar surface area (TPSA) is 70.1 Å². The second-order valence-electron chi connectivity index (χ2n) is 6.67. The van der Waals surface area contributed by atoms with Gasteiger partial charge >= 0.3 is 0 Å². The molecule has 0 aromatic heterocycles. The molecule has 146 valence electrons. The third-order valence-electron chi connectivity index (χ3n) is 4.71. The van der Waals surface area contributed by atoms with Crippen LogP contribution in [0.4, 0.5) is 0 Å². The fraction of sp³-hybridized carbons (Fsp3) is 0.400. The molecular weight excluding hydrogens is 364 g/mol. The first-order valence-corrected chi connectivity index (χ1v) is 10.6. The van der Waals surface area contributed by atoms with Crippen molar-refractivity contribution in [3.63, 3.8) is 0 Å². The first-order valence-electron chi connectivity index (χ1n) is 9.11. The van der Waals surface area contributed by atoms with Crippen LogP contribution in [0.15, 0.2) is 53.4 Å². The highest BCUT2D eigenvalue weighted by atomic mass is 32.2. The molecule has 0 unspecified atom stereocenters. The monoisotopic (exact) mass is 390 g/mol. The third kappa shape index (κ3) is 4.87. The van der Waals surface area contributed by atoms with Gasteiger partial charge in [0.05, 0.1) is 11.5 Å². The number of aliphatic hydroxyl groups excluding tert-OH is 1. The number of aliphatic hydroxyl groups is 1. The molecule has 1 saturated heterocycles. The fourth-order valence-electron chi connectivity index (χ4n) is 3.27. The molecule has 2 aromatic rings. The summed E-state index contributed by atoms with van der Waals surface area (Å²) in [7, 11) is -3.44. The van der Waals surface area contributed by atoms with Crippen LogP contribution in [0.2, 0.25) is 0 Å². The molecule has 0 saturated carbocycles. The maximum Gasteiger partial charge on any atom is 0.243 e. The number of piperazine rings is 1. The van der Waals surface area contributed by atoms with Crippen LogP contribution >= 0.6 is 0 Å². The van der Waals surface area contributed by atoms with Crippen LogP contribution in [0.25, 0.3) is 0 Å². The van der Waals surface area contributed by atoms with Gasteiger partial charge in [0.15, 0.2) is 0 Å². The van der Waals surface area contributed by atoms with Gasteiger partial charge in [0.2, 0.25) is 10.0 Å². The van der Waals surface area contributed by atoms with E-state index in [1.54, 1.807) is 16.4 Å². The molecule has 1 fully saturated rings.